The highest BCUT2D eigenvalue weighted by Crippen LogP contribution is 2.20. The van der Waals surface area contributed by atoms with Crippen LogP contribution in [0.2, 0.25) is 0 Å². The number of carbonyl (C=O) groups excluding carboxylic acids is 2. The maximum Gasteiger partial charge on any atom is 0.255 e. The second kappa shape index (κ2) is 7.80. The fourth-order valence-corrected chi connectivity index (χ4v) is 3.16. The number of nitrogens with one attached hydrogen (secondary N) is 1. The zero-order valence-electron chi connectivity index (χ0n) is 17.0. The van der Waals surface area contributed by atoms with Gasteiger partial charge >= 0.3 is 0 Å². The van der Waals surface area contributed by atoms with E-state index in [0.29, 0.717) is 11.3 Å². The zero-order valence-corrected chi connectivity index (χ0v) is 17.0. The number of fused-ring (bicyclic) bond motifs is 1. The first-order chi connectivity index (χ1) is 13.3. The highest BCUT2D eigenvalue weighted by molar-refractivity contribution is 6.01. The Labute approximate surface area is 165 Å². The van der Waals surface area contributed by atoms with Crippen LogP contribution in [0.25, 0.3) is 10.9 Å². The van der Waals surface area contributed by atoms with Gasteiger partial charge in [-0.2, -0.15) is 0 Å². The molecule has 0 fully saturated rings. The Morgan fingerprint density at radius 3 is 2.54 bits per heavy atom. The minimum absolute atomic E-state index is 0.0302. The third kappa shape index (κ3) is 4.03. The number of aryl methyl sites for hydroxylation is 3. The van der Waals surface area contributed by atoms with Crippen LogP contribution in [0, 0.1) is 27.7 Å². The number of nitrogens with zero attached hydrogens (tertiary/aromatic N) is 2. The quantitative estimate of drug-likeness (QED) is 0.744. The van der Waals surface area contributed by atoms with Crippen molar-refractivity contribution in [3.8, 4) is 0 Å². The van der Waals surface area contributed by atoms with Crippen molar-refractivity contribution >= 4 is 28.4 Å². The molecule has 1 N–H and O–H groups in total. The van der Waals surface area contributed by atoms with Crippen molar-refractivity contribution in [1.29, 1.82) is 0 Å². The fourth-order valence-electron chi connectivity index (χ4n) is 3.16. The number of anilines is 1. The number of amides is 2. The number of rotatable bonds is 4. The van der Waals surface area contributed by atoms with Crippen LogP contribution < -0.4 is 5.32 Å². The molecule has 0 spiro atoms. The van der Waals surface area contributed by atoms with Crippen LogP contribution in [0.3, 0.4) is 0 Å². The molecule has 1 heterocycles. The van der Waals surface area contributed by atoms with Crippen molar-refractivity contribution in [2.75, 3.05) is 18.9 Å². The predicted molar refractivity (Wildman–Crippen MR) is 113 cm³/mol. The Morgan fingerprint density at radius 1 is 1.04 bits per heavy atom. The van der Waals surface area contributed by atoms with Crippen LogP contribution in [-0.2, 0) is 4.79 Å². The van der Waals surface area contributed by atoms with E-state index in [0.717, 1.165) is 33.3 Å². The molecular formula is C23H25N3O2. The molecule has 0 aliphatic rings. The van der Waals surface area contributed by atoms with E-state index in [4.69, 9.17) is 0 Å². The van der Waals surface area contributed by atoms with Gasteiger partial charge < -0.3 is 10.2 Å². The van der Waals surface area contributed by atoms with Gasteiger partial charge in [-0.15, -0.1) is 0 Å². The van der Waals surface area contributed by atoms with E-state index < -0.39 is 0 Å². The SMILES string of the molecule is Cc1ccc2cc(C(=O)N(C)CC(=O)Nc3cccc(C)c3C)c(C)nc2c1. The van der Waals surface area contributed by atoms with E-state index in [1.807, 2.05) is 70.2 Å². The average Bonchev–Trinajstić information content (AvgIpc) is 2.64. The first-order valence-corrected chi connectivity index (χ1v) is 9.26. The normalized spacial score (nSPS) is 10.8. The molecule has 0 aliphatic heterocycles. The Balaban J connectivity index is 1.76. The summed E-state index contributed by atoms with van der Waals surface area (Å²) in [5, 5.41) is 3.80. The molecule has 0 aliphatic carbocycles. The Bertz CT molecular complexity index is 1070. The third-order valence-electron chi connectivity index (χ3n) is 5.00. The van der Waals surface area contributed by atoms with Gasteiger partial charge in [0.1, 0.15) is 0 Å². The van der Waals surface area contributed by atoms with Crippen LogP contribution in [-0.4, -0.2) is 35.3 Å². The van der Waals surface area contributed by atoms with E-state index in [-0.39, 0.29) is 18.4 Å². The minimum Gasteiger partial charge on any atom is -0.332 e. The number of carbonyl (C=O) groups is 2. The Morgan fingerprint density at radius 2 is 1.79 bits per heavy atom. The van der Waals surface area contributed by atoms with Crippen LogP contribution in [0.5, 0.6) is 0 Å². The van der Waals surface area contributed by atoms with Crippen molar-refractivity contribution in [2.45, 2.75) is 27.7 Å². The molecule has 0 unspecified atom stereocenters. The fraction of sp³-hybridized carbons (Fsp3) is 0.261. The molecular weight excluding hydrogens is 350 g/mol. The summed E-state index contributed by atoms with van der Waals surface area (Å²) in [5.74, 6) is -0.449. The maximum atomic E-state index is 12.9. The van der Waals surface area contributed by atoms with Gasteiger partial charge in [0.2, 0.25) is 5.91 Å². The first kappa shape index (κ1) is 19.5. The summed E-state index contributed by atoms with van der Waals surface area (Å²) in [4.78, 5) is 31.3. The van der Waals surface area contributed by atoms with Crippen LogP contribution >= 0.6 is 0 Å². The van der Waals surface area contributed by atoms with Crippen LogP contribution in [0.15, 0.2) is 42.5 Å². The molecule has 5 heteroatoms. The maximum absolute atomic E-state index is 12.9. The summed E-state index contributed by atoms with van der Waals surface area (Å²) >= 11 is 0. The van der Waals surface area contributed by atoms with E-state index >= 15 is 0 Å². The van der Waals surface area contributed by atoms with E-state index in [2.05, 4.69) is 10.3 Å². The van der Waals surface area contributed by atoms with Gasteiger partial charge in [-0.25, -0.2) is 0 Å². The highest BCUT2D eigenvalue weighted by atomic mass is 16.2. The van der Waals surface area contributed by atoms with Gasteiger partial charge in [-0.05, 0) is 62.6 Å². The molecule has 0 bridgehead atoms. The zero-order chi connectivity index (χ0) is 20.4. The summed E-state index contributed by atoms with van der Waals surface area (Å²) in [5.41, 5.74) is 6.06. The first-order valence-electron chi connectivity index (χ1n) is 9.26. The van der Waals surface area contributed by atoms with Crippen molar-refractivity contribution in [2.24, 2.45) is 0 Å². The molecule has 144 valence electrons. The van der Waals surface area contributed by atoms with Gasteiger partial charge in [0.25, 0.3) is 5.91 Å². The Kier molecular flexibility index (Phi) is 5.45. The second-order valence-corrected chi connectivity index (χ2v) is 7.27. The lowest BCUT2D eigenvalue weighted by Crippen LogP contribution is -2.35. The average molecular weight is 375 g/mol. The minimum atomic E-state index is -0.230. The molecule has 3 aromatic rings. The molecule has 2 amide bonds. The molecule has 3 rings (SSSR count). The van der Waals surface area contributed by atoms with Crippen LogP contribution in [0.1, 0.15) is 32.7 Å². The van der Waals surface area contributed by atoms with Crippen molar-refractivity contribution in [1.82, 2.24) is 9.88 Å². The highest BCUT2D eigenvalue weighted by Gasteiger charge is 2.19. The van der Waals surface area contributed by atoms with Crippen molar-refractivity contribution in [3.63, 3.8) is 0 Å². The number of benzene rings is 2. The summed E-state index contributed by atoms with van der Waals surface area (Å²) in [6.07, 6.45) is 0. The lowest BCUT2D eigenvalue weighted by atomic mass is 10.1. The smallest absolute Gasteiger partial charge is 0.255 e. The summed E-state index contributed by atoms with van der Waals surface area (Å²) < 4.78 is 0. The molecule has 28 heavy (non-hydrogen) atoms. The monoisotopic (exact) mass is 375 g/mol. The molecule has 1 aromatic heterocycles. The van der Waals surface area contributed by atoms with Crippen molar-refractivity contribution < 1.29 is 9.59 Å². The number of aromatic nitrogens is 1. The van der Waals surface area contributed by atoms with Gasteiger partial charge in [0.15, 0.2) is 0 Å². The predicted octanol–water partition coefficient (Wildman–Crippen LogP) is 4.18. The molecule has 0 saturated carbocycles. The van der Waals surface area contributed by atoms with Gasteiger partial charge in [-0.1, -0.05) is 24.3 Å². The van der Waals surface area contributed by atoms with E-state index in [1.54, 1.807) is 7.05 Å². The lowest BCUT2D eigenvalue weighted by Gasteiger charge is -2.19. The Hall–Kier alpha value is -3.21. The number of hydrogen-bond acceptors (Lipinski definition) is 3. The molecule has 5 nitrogen and oxygen atoms in total. The largest absolute Gasteiger partial charge is 0.332 e. The topological polar surface area (TPSA) is 62.3 Å². The second-order valence-electron chi connectivity index (χ2n) is 7.27. The number of hydrogen-bond donors (Lipinski definition) is 1. The molecule has 0 radical (unpaired) electrons. The van der Waals surface area contributed by atoms with E-state index in [1.165, 1.54) is 4.90 Å². The van der Waals surface area contributed by atoms with Crippen molar-refractivity contribution in [3.05, 3.63) is 70.4 Å². The lowest BCUT2D eigenvalue weighted by molar-refractivity contribution is -0.116. The number of likely N-dealkylation sites (N-methyl/N-ethyl adjacent to an activating group) is 1. The summed E-state index contributed by atoms with van der Waals surface area (Å²) in [6, 6.07) is 13.6. The number of pyridine rings is 1. The summed E-state index contributed by atoms with van der Waals surface area (Å²) in [6.45, 7) is 7.76. The van der Waals surface area contributed by atoms with Gasteiger partial charge in [0.05, 0.1) is 23.3 Å². The standard InChI is InChI=1S/C23H25N3O2/c1-14-9-10-18-12-19(17(4)24-21(18)11-14)23(28)26(5)13-22(27)25-20-8-6-7-15(2)16(20)3/h6-12H,13H2,1-5H3,(H,25,27). The molecule has 0 atom stereocenters. The van der Waals surface area contributed by atoms with E-state index in [9.17, 15) is 9.59 Å². The molecule has 0 saturated heterocycles. The van der Waals surface area contributed by atoms with Gasteiger partial charge in [-0.3, -0.25) is 14.6 Å². The van der Waals surface area contributed by atoms with Gasteiger partial charge in [0, 0.05) is 18.1 Å². The third-order valence-corrected chi connectivity index (χ3v) is 5.00. The molecule has 2 aromatic carbocycles. The van der Waals surface area contributed by atoms with Crippen LogP contribution in [0.4, 0.5) is 5.69 Å². The summed E-state index contributed by atoms with van der Waals surface area (Å²) in [7, 11) is 1.63.